The number of carbonyl (C=O) groups is 1. The molecule has 0 saturated heterocycles. The number of anilines is 1. The second kappa shape index (κ2) is 5.10. The first-order valence-corrected chi connectivity index (χ1v) is 5.79. The van der Waals surface area contributed by atoms with Gasteiger partial charge in [0.1, 0.15) is 5.82 Å². The maximum absolute atomic E-state index is 13.6. The minimum Gasteiger partial charge on any atom is -0.478 e. The van der Waals surface area contributed by atoms with Gasteiger partial charge in [0, 0.05) is 19.8 Å². The molecule has 0 aliphatic carbocycles. The fourth-order valence-electron chi connectivity index (χ4n) is 1.82. The average Bonchev–Trinajstić information content (AvgIpc) is 2.38. The van der Waals surface area contributed by atoms with Gasteiger partial charge in [0.15, 0.2) is 0 Å². The molecule has 0 fully saturated rings. The summed E-state index contributed by atoms with van der Waals surface area (Å²) in [4.78, 5) is 12.7. The third-order valence-corrected chi connectivity index (χ3v) is 2.92. The Bertz CT molecular complexity index is 606. The molecule has 4 heteroatoms. The quantitative estimate of drug-likeness (QED) is 0.919. The SMILES string of the molecule is CN(C)c1ccc(-c2ccc(C(=O)O)c(F)c2)cc1. The molecule has 0 heterocycles. The van der Waals surface area contributed by atoms with Crippen molar-refractivity contribution in [3.8, 4) is 11.1 Å². The van der Waals surface area contributed by atoms with Crippen molar-refractivity contribution in [3.63, 3.8) is 0 Å². The Labute approximate surface area is 110 Å². The van der Waals surface area contributed by atoms with Gasteiger partial charge in [-0.2, -0.15) is 0 Å². The maximum atomic E-state index is 13.6. The van der Waals surface area contributed by atoms with Crippen molar-refractivity contribution in [2.24, 2.45) is 0 Å². The number of carboxylic acids is 1. The van der Waals surface area contributed by atoms with E-state index in [4.69, 9.17) is 5.11 Å². The van der Waals surface area contributed by atoms with Crippen LogP contribution in [0.15, 0.2) is 42.5 Å². The normalized spacial score (nSPS) is 10.3. The van der Waals surface area contributed by atoms with E-state index in [9.17, 15) is 9.18 Å². The summed E-state index contributed by atoms with van der Waals surface area (Å²) in [6.45, 7) is 0. The number of rotatable bonds is 3. The van der Waals surface area contributed by atoms with E-state index in [1.807, 2.05) is 43.3 Å². The Morgan fingerprint density at radius 2 is 1.63 bits per heavy atom. The standard InChI is InChI=1S/C15H14FNO2/c1-17(2)12-6-3-10(4-7-12)11-5-8-13(15(18)19)14(16)9-11/h3-9H,1-2H3,(H,18,19). The van der Waals surface area contributed by atoms with Crippen LogP contribution in [0.1, 0.15) is 10.4 Å². The van der Waals surface area contributed by atoms with Gasteiger partial charge in [-0.05, 0) is 35.4 Å². The van der Waals surface area contributed by atoms with Crippen molar-refractivity contribution in [1.82, 2.24) is 0 Å². The number of aromatic carboxylic acids is 1. The van der Waals surface area contributed by atoms with E-state index in [0.717, 1.165) is 11.3 Å². The van der Waals surface area contributed by atoms with Crippen LogP contribution in [0.4, 0.5) is 10.1 Å². The van der Waals surface area contributed by atoms with Gasteiger partial charge in [-0.15, -0.1) is 0 Å². The molecule has 2 aromatic rings. The summed E-state index contributed by atoms with van der Waals surface area (Å²) in [6.07, 6.45) is 0. The molecule has 3 nitrogen and oxygen atoms in total. The van der Waals surface area contributed by atoms with Crippen molar-refractivity contribution in [1.29, 1.82) is 0 Å². The highest BCUT2D eigenvalue weighted by Gasteiger charge is 2.11. The van der Waals surface area contributed by atoms with Gasteiger partial charge in [0.25, 0.3) is 0 Å². The molecule has 0 atom stereocenters. The second-order valence-electron chi connectivity index (χ2n) is 4.44. The Morgan fingerprint density at radius 3 is 2.11 bits per heavy atom. The van der Waals surface area contributed by atoms with E-state index in [1.54, 1.807) is 6.07 Å². The van der Waals surface area contributed by atoms with Crippen LogP contribution in [0.5, 0.6) is 0 Å². The van der Waals surface area contributed by atoms with Gasteiger partial charge in [0.2, 0.25) is 0 Å². The average molecular weight is 259 g/mol. The zero-order chi connectivity index (χ0) is 14.0. The minimum absolute atomic E-state index is 0.311. The molecule has 2 rings (SSSR count). The van der Waals surface area contributed by atoms with Gasteiger partial charge in [0.05, 0.1) is 5.56 Å². The monoisotopic (exact) mass is 259 g/mol. The van der Waals surface area contributed by atoms with E-state index in [1.165, 1.54) is 12.1 Å². The molecule has 0 aromatic heterocycles. The van der Waals surface area contributed by atoms with Crippen molar-refractivity contribution < 1.29 is 14.3 Å². The lowest BCUT2D eigenvalue weighted by Gasteiger charge is -2.12. The Hall–Kier alpha value is -2.36. The van der Waals surface area contributed by atoms with Crippen molar-refractivity contribution in [3.05, 3.63) is 53.8 Å². The van der Waals surface area contributed by atoms with Gasteiger partial charge in [-0.1, -0.05) is 18.2 Å². The highest BCUT2D eigenvalue weighted by molar-refractivity contribution is 5.88. The fraction of sp³-hybridized carbons (Fsp3) is 0.133. The predicted octanol–water partition coefficient (Wildman–Crippen LogP) is 3.26. The summed E-state index contributed by atoms with van der Waals surface area (Å²) >= 11 is 0. The highest BCUT2D eigenvalue weighted by atomic mass is 19.1. The predicted molar refractivity (Wildman–Crippen MR) is 73.1 cm³/mol. The first-order valence-electron chi connectivity index (χ1n) is 5.79. The van der Waals surface area contributed by atoms with Crippen LogP contribution in [0.3, 0.4) is 0 Å². The van der Waals surface area contributed by atoms with Gasteiger partial charge < -0.3 is 10.0 Å². The smallest absolute Gasteiger partial charge is 0.338 e. The summed E-state index contributed by atoms with van der Waals surface area (Å²) in [6, 6.07) is 11.8. The highest BCUT2D eigenvalue weighted by Crippen LogP contribution is 2.24. The van der Waals surface area contributed by atoms with Crippen molar-refractivity contribution >= 4 is 11.7 Å². The van der Waals surface area contributed by atoms with Gasteiger partial charge in [-0.3, -0.25) is 0 Å². The second-order valence-corrected chi connectivity index (χ2v) is 4.44. The van der Waals surface area contributed by atoms with Crippen LogP contribution >= 0.6 is 0 Å². The number of carboxylic acid groups (broad SMARTS) is 1. The Morgan fingerprint density at radius 1 is 1.05 bits per heavy atom. The molecular formula is C15H14FNO2. The van der Waals surface area contributed by atoms with Crippen LogP contribution in [0.2, 0.25) is 0 Å². The molecule has 0 radical (unpaired) electrons. The topological polar surface area (TPSA) is 40.5 Å². The first kappa shape index (κ1) is 13.1. The van der Waals surface area contributed by atoms with E-state index < -0.39 is 11.8 Å². The molecule has 0 aliphatic rings. The lowest BCUT2D eigenvalue weighted by atomic mass is 10.0. The summed E-state index contributed by atoms with van der Waals surface area (Å²) in [5.74, 6) is -1.98. The van der Waals surface area contributed by atoms with Crippen LogP contribution < -0.4 is 4.90 Å². The summed E-state index contributed by atoms with van der Waals surface area (Å²) in [5, 5.41) is 8.78. The largest absolute Gasteiger partial charge is 0.478 e. The molecule has 0 spiro atoms. The number of benzene rings is 2. The molecule has 2 aromatic carbocycles. The fourth-order valence-corrected chi connectivity index (χ4v) is 1.82. The molecule has 0 amide bonds. The lowest BCUT2D eigenvalue weighted by Crippen LogP contribution is -2.07. The third kappa shape index (κ3) is 2.73. The first-order chi connectivity index (χ1) is 8.99. The summed E-state index contributed by atoms with van der Waals surface area (Å²) in [7, 11) is 3.88. The van der Waals surface area contributed by atoms with E-state index in [2.05, 4.69) is 0 Å². The number of hydrogen-bond acceptors (Lipinski definition) is 2. The molecule has 0 saturated carbocycles. The van der Waals surface area contributed by atoms with Crippen LogP contribution in [0, 0.1) is 5.82 Å². The maximum Gasteiger partial charge on any atom is 0.338 e. The van der Waals surface area contributed by atoms with E-state index in [0.29, 0.717) is 5.56 Å². The number of nitrogens with zero attached hydrogens (tertiary/aromatic N) is 1. The third-order valence-electron chi connectivity index (χ3n) is 2.92. The molecule has 0 unspecified atom stereocenters. The van der Waals surface area contributed by atoms with Crippen LogP contribution in [0.25, 0.3) is 11.1 Å². The Kier molecular flexibility index (Phi) is 3.51. The zero-order valence-electron chi connectivity index (χ0n) is 10.7. The zero-order valence-corrected chi connectivity index (χ0v) is 10.7. The number of halogens is 1. The van der Waals surface area contributed by atoms with Gasteiger partial charge >= 0.3 is 5.97 Å². The van der Waals surface area contributed by atoms with Crippen molar-refractivity contribution in [2.45, 2.75) is 0 Å². The van der Waals surface area contributed by atoms with Crippen molar-refractivity contribution in [2.75, 3.05) is 19.0 Å². The summed E-state index contributed by atoms with van der Waals surface area (Å²) < 4.78 is 13.6. The molecule has 0 aliphatic heterocycles. The number of hydrogen-bond donors (Lipinski definition) is 1. The van der Waals surface area contributed by atoms with Crippen LogP contribution in [-0.4, -0.2) is 25.2 Å². The molecule has 1 N–H and O–H groups in total. The van der Waals surface area contributed by atoms with E-state index in [-0.39, 0.29) is 5.56 Å². The molecular weight excluding hydrogens is 245 g/mol. The Balaban J connectivity index is 2.37. The minimum atomic E-state index is -1.26. The van der Waals surface area contributed by atoms with Gasteiger partial charge in [-0.25, -0.2) is 9.18 Å². The molecule has 0 bridgehead atoms. The summed E-state index contributed by atoms with van der Waals surface area (Å²) in [5.41, 5.74) is 2.24. The van der Waals surface area contributed by atoms with Crippen LogP contribution in [-0.2, 0) is 0 Å². The molecule has 98 valence electrons. The lowest BCUT2D eigenvalue weighted by molar-refractivity contribution is 0.0692. The molecule has 19 heavy (non-hydrogen) atoms. The van der Waals surface area contributed by atoms with E-state index >= 15 is 0 Å².